The first kappa shape index (κ1) is 24.1. The summed E-state index contributed by atoms with van der Waals surface area (Å²) in [5.41, 5.74) is -0.464. The quantitative estimate of drug-likeness (QED) is 0.609. The van der Waals surface area contributed by atoms with Gasteiger partial charge in [-0.3, -0.25) is 0 Å². The Bertz CT molecular complexity index is 953. The van der Waals surface area contributed by atoms with Crippen molar-refractivity contribution in [3.8, 4) is 0 Å². The van der Waals surface area contributed by atoms with Crippen molar-refractivity contribution in [2.45, 2.75) is 37.3 Å². The molecule has 1 aromatic carbocycles. The van der Waals surface area contributed by atoms with Gasteiger partial charge in [-0.25, -0.2) is 18.7 Å². The van der Waals surface area contributed by atoms with Gasteiger partial charge in [-0.15, -0.1) is 0 Å². The molecule has 2 aliphatic heterocycles. The van der Waals surface area contributed by atoms with E-state index in [4.69, 9.17) is 4.74 Å². The zero-order valence-corrected chi connectivity index (χ0v) is 19.1. The van der Waals surface area contributed by atoms with E-state index in [1.54, 1.807) is 17.0 Å². The molecule has 2 saturated heterocycles. The molecular weight excluding hydrogens is 457 g/mol. The summed E-state index contributed by atoms with van der Waals surface area (Å²) in [5.74, 6) is -2.75. The molecule has 1 unspecified atom stereocenters. The van der Waals surface area contributed by atoms with Crippen molar-refractivity contribution in [3.05, 3.63) is 47.5 Å². The number of nitrogens with zero attached hydrogens (tertiary/aromatic N) is 3. The average molecular weight is 485 g/mol. The first-order chi connectivity index (χ1) is 15.7. The van der Waals surface area contributed by atoms with Crippen LogP contribution in [0.25, 0.3) is 0 Å². The van der Waals surface area contributed by atoms with E-state index >= 15 is 4.39 Å². The number of morpholine rings is 1. The highest BCUT2D eigenvalue weighted by Gasteiger charge is 2.36. The van der Waals surface area contributed by atoms with E-state index in [0.29, 0.717) is 43.1 Å². The van der Waals surface area contributed by atoms with Gasteiger partial charge in [-0.1, -0.05) is 35.4 Å². The van der Waals surface area contributed by atoms with E-state index in [0.717, 1.165) is 6.92 Å². The maximum Gasteiger partial charge on any atom is 0.270 e. The van der Waals surface area contributed by atoms with Gasteiger partial charge in [0, 0.05) is 38.4 Å². The van der Waals surface area contributed by atoms with Gasteiger partial charge in [0.1, 0.15) is 17.8 Å². The van der Waals surface area contributed by atoms with Crippen LogP contribution in [0.1, 0.15) is 36.9 Å². The Hall–Kier alpha value is -2.08. The van der Waals surface area contributed by atoms with Crippen LogP contribution in [0.4, 0.5) is 24.8 Å². The summed E-state index contributed by atoms with van der Waals surface area (Å²) < 4.78 is 59.7. The van der Waals surface area contributed by atoms with Gasteiger partial charge in [0.25, 0.3) is 5.92 Å². The Morgan fingerprint density at radius 3 is 2.64 bits per heavy atom. The van der Waals surface area contributed by atoms with Crippen LogP contribution in [0, 0.1) is 5.82 Å². The topological polar surface area (TPSA) is 93.6 Å². The highest BCUT2D eigenvalue weighted by Crippen LogP contribution is 2.34. The lowest BCUT2D eigenvalue weighted by molar-refractivity contribution is 0.0174. The molecule has 0 amide bonds. The largest absolute Gasteiger partial charge is 0.616 e. The maximum absolute atomic E-state index is 15.4. The van der Waals surface area contributed by atoms with E-state index in [9.17, 15) is 18.4 Å². The molecule has 3 heterocycles. The fourth-order valence-electron chi connectivity index (χ4n) is 4.08. The van der Waals surface area contributed by atoms with Gasteiger partial charge in [0.15, 0.2) is 11.6 Å². The number of alkyl halides is 2. The van der Waals surface area contributed by atoms with Crippen molar-refractivity contribution in [2.75, 3.05) is 48.0 Å². The number of hydrogen-bond acceptors (Lipinski definition) is 7. The predicted molar refractivity (Wildman–Crippen MR) is 119 cm³/mol. The van der Waals surface area contributed by atoms with Crippen molar-refractivity contribution in [1.82, 2.24) is 9.97 Å². The molecule has 2 aromatic rings. The SMILES string of the molecule is CC(F)(F)c1ccc(C2COCCN2c2ncnc(NCC3(O)CC[S+]([O-])CC3)c2F)cc1. The van der Waals surface area contributed by atoms with Crippen molar-refractivity contribution >= 4 is 22.8 Å². The van der Waals surface area contributed by atoms with Crippen LogP contribution >= 0.6 is 0 Å². The number of aromatic nitrogens is 2. The monoisotopic (exact) mass is 484 g/mol. The molecule has 0 spiro atoms. The average Bonchev–Trinajstić information content (AvgIpc) is 2.80. The fourth-order valence-corrected chi connectivity index (χ4v) is 5.49. The van der Waals surface area contributed by atoms with Crippen LogP contribution in [0.2, 0.25) is 0 Å². The fraction of sp³-hybridized carbons (Fsp3) is 0.545. The molecule has 0 aliphatic carbocycles. The number of nitrogens with one attached hydrogen (secondary N) is 1. The Balaban J connectivity index is 1.53. The number of ether oxygens (including phenoxy) is 1. The Labute approximate surface area is 193 Å². The standard InChI is InChI=1S/C22H27F3N4O3S/c1-21(24,25)16-4-2-15(3-5-16)17-12-32-9-8-29(17)20-18(23)19(27-14-28-20)26-13-22(30)6-10-33(31)11-7-22/h2-5,14,17,30H,6-13H2,1H3,(H,26,27,28). The van der Waals surface area contributed by atoms with E-state index in [1.165, 1.54) is 18.5 Å². The van der Waals surface area contributed by atoms with Crippen molar-refractivity contribution in [1.29, 1.82) is 0 Å². The Morgan fingerprint density at radius 2 is 1.97 bits per heavy atom. The second-order valence-electron chi connectivity index (χ2n) is 8.58. The van der Waals surface area contributed by atoms with Gasteiger partial charge >= 0.3 is 0 Å². The van der Waals surface area contributed by atoms with Crippen molar-refractivity contribution in [2.24, 2.45) is 0 Å². The van der Waals surface area contributed by atoms with Crippen LogP contribution in [0.15, 0.2) is 30.6 Å². The molecule has 7 nitrogen and oxygen atoms in total. The summed E-state index contributed by atoms with van der Waals surface area (Å²) in [7, 11) is 0. The molecule has 0 radical (unpaired) electrons. The lowest BCUT2D eigenvalue weighted by Crippen LogP contribution is -2.44. The molecule has 2 fully saturated rings. The summed E-state index contributed by atoms with van der Waals surface area (Å²) in [6.45, 7) is 1.90. The van der Waals surface area contributed by atoms with E-state index in [2.05, 4.69) is 15.3 Å². The summed E-state index contributed by atoms with van der Waals surface area (Å²) in [4.78, 5) is 9.87. The van der Waals surface area contributed by atoms with Gasteiger partial charge in [0.05, 0.1) is 24.9 Å². The third kappa shape index (κ3) is 5.53. The van der Waals surface area contributed by atoms with Gasteiger partial charge in [-0.2, -0.15) is 4.39 Å². The first-order valence-electron chi connectivity index (χ1n) is 10.8. The van der Waals surface area contributed by atoms with Gasteiger partial charge < -0.3 is 24.6 Å². The number of anilines is 2. The van der Waals surface area contributed by atoms with E-state index in [-0.39, 0.29) is 30.4 Å². The summed E-state index contributed by atoms with van der Waals surface area (Å²) in [5, 5.41) is 13.6. The minimum atomic E-state index is -2.95. The third-order valence-electron chi connectivity index (χ3n) is 6.15. The predicted octanol–water partition coefficient (Wildman–Crippen LogP) is 2.99. The molecule has 2 N–H and O–H groups in total. The summed E-state index contributed by atoms with van der Waals surface area (Å²) in [6.07, 6.45) is 1.98. The van der Waals surface area contributed by atoms with Crippen molar-refractivity contribution in [3.63, 3.8) is 0 Å². The van der Waals surface area contributed by atoms with Crippen LogP contribution in [0.5, 0.6) is 0 Å². The van der Waals surface area contributed by atoms with Crippen LogP contribution in [0.3, 0.4) is 0 Å². The van der Waals surface area contributed by atoms with Crippen LogP contribution in [-0.4, -0.2) is 63.0 Å². The van der Waals surface area contributed by atoms with Crippen LogP contribution < -0.4 is 10.2 Å². The molecule has 33 heavy (non-hydrogen) atoms. The molecule has 11 heteroatoms. The zero-order valence-electron chi connectivity index (χ0n) is 18.3. The smallest absolute Gasteiger partial charge is 0.270 e. The second-order valence-corrected chi connectivity index (χ2v) is 10.3. The Kier molecular flexibility index (Phi) is 7.04. The molecule has 2 aliphatic rings. The van der Waals surface area contributed by atoms with Crippen LogP contribution in [-0.2, 0) is 21.8 Å². The lowest BCUT2D eigenvalue weighted by Gasteiger charge is -2.37. The lowest BCUT2D eigenvalue weighted by atomic mass is 9.97. The third-order valence-corrected chi connectivity index (χ3v) is 7.47. The molecule has 4 rings (SSSR count). The van der Waals surface area contributed by atoms with Gasteiger partial charge in [0.2, 0.25) is 5.82 Å². The normalized spacial score (nSPS) is 26.3. The molecule has 1 atom stereocenters. The highest BCUT2D eigenvalue weighted by molar-refractivity contribution is 7.91. The number of rotatable bonds is 6. The first-order valence-corrected chi connectivity index (χ1v) is 12.3. The molecular formula is C22H27F3N4O3S. The van der Waals surface area contributed by atoms with Crippen molar-refractivity contribution < 1.29 is 27.6 Å². The molecule has 0 bridgehead atoms. The maximum atomic E-state index is 15.4. The summed E-state index contributed by atoms with van der Waals surface area (Å²) in [6, 6.07) is 5.51. The molecule has 0 saturated carbocycles. The minimum Gasteiger partial charge on any atom is -0.616 e. The van der Waals surface area contributed by atoms with E-state index in [1.807, 2.05) is 0 Å². The van der Waals surface area contributed by atoms with E-state index < -0.39 is 34.6 Å². The molecule has 180 valence electrons. The number of hydrogen-bond donors (Lipinski definition) is 2. The molecule has 1 aromatic heterocycles. The highest BCUT2D eigenvalue weighted by atomic mass is 32.2. The minimum absolute atomic E-state index is 0.0358. The van der Waals surface area contributed by atoms with Gasteiger partial charge in [-0.05, 0) is 5.56 Å². The number of halogens is 3. The number of benzene rings is 1. The second kappa shape index (κ2) is 9.65. The number of aliphatic hydroxyl groups is 1. The summed E-state index contributed by atoms with van der Waals surface area (Å²) >= 11 is -0.923. The zero-order chi connectivity index (χ0) is 23.6. The Morgan fingerprint density at radius 1 is 1.27 bits per heavy atom.